The molecule has 0 aliphatic carbocycles. The Morgan fingerprint density at radius 1 is 1.06 bits per heavy atom. The molecule has 48 heavy (non-hydrogen) atoms. The summed E-state index contributed by atoms with van der Waals surface area (Å²) in [6.45, 7) is 7.78. The summed E-state index contributed by atoms with van der Waals surface area (Å²) in [5.74, 6) is -3.28. The monoisotopic (exact) mass is 673 g/mol. The first-order valence-electron chi connectivity index (χ1n) is 16.7. The van der Waals surface area contributed by atoms with Crippen molar-refractivity contribution >= 4 is 35.5 Å². The molecule has 0 aromatic heterocycles. The van der Waals surface area contributed by atoms with Crippen molar-refractivity contribution in [2.45, 2.75) is 71.4 Å². The molecule has 5 amide bonds. The van der Waals surface area contributed by atoms with Gasteiger partial charge in [-0.25, -0.2) is 0 Å². The molecular weight excluding hydrogens is 618 g/mol. The van der Waals surface area contributed by atoms with Gasteiger partial charge >= 0.3 is 0 Å². The number of benzene rings is 1. The van der Waals surface area contributed by atoms with Crippen LogP contribution in [0.15, 0.2) is 24.3 Å². The number of nitrogens with one attached hydrogen (secondary N) is 6. The zero-order valence-electron chi connectivity index (χ0n) is 28.7. The van der Waals surface area contributed by atoms with E-state index < -0.39 is 47.5 Å². The second-order valence-electron chi connectivity index (χ2n) is 12.7. The van der Waals surface area contributed by atoms with Crippen molar-refractivity contribution in [3.05, 3.63) is 29.8 Å². The zero-order chi connectivity index (χ0) is 35.6. The molecule has 2 aliphatic heterocycles. The van der Waals surface area contributed by atoms with Crippen LogP contribution in [0.5, 0.6) is 5.75 Å². The van der Waals surface area contributed by atoms with Gasteiger partial charge in [0.2, 0.25) is 29.5 Å². The van der Waals surface area contributed by atoms with Gasteiger partial charge in [0.25, 0.3) is 0 Å². The van der Waals surface area contributed by atoms with Crippen LogP contribution in [0.1, 0.15) is 58.4 Å². The lowest BCUT2D eigenvalue weighted by Gasteiger charge is -2.29. The molecule has 15 nitrogen and oxygen atoms in total. The number of rotatable bonds is 16. The number of primary amides is 1. The van der Waals surface area contributed by atoms with Crippen molar-refractivity contribution < 1.29 is 28.7 Å². The summed E-state index contributed by atoms with van der Waals surface area (Å²) in [7, 11) is 1.83. The number of carbonyl (C=O) groups excluding carboxylic acids is 5. The molecule has 0 spiro atoms. The van der Waals surface area contributed by atoms with Crippen LogP contribution < -0.4 is 42.8 Å². The minimum Gasteiger partial charge on any atom is -0.494 e. The molecule has 2 aliphatic rings. The van der Waals surface area contributed by atoms with Crippen LogP contribution in [0.4, 0.5) is 0 Å². The number of hydrogen-bond donors (Lipinski definition) is 8. The van der Waals surface area contributed by atoms with Crippen molar-refractivity contribution in [2.75, 3.05) is 46.4 Å². The average Bonchev–Trinajstić information content (AvgIpc) is 3.03. The maximum Gasteiger partial charge on any atom is 0.243 e. The van der Waals surface area contributed by atoms with Gasteiger partial charge in [-0.1, -0.05) is 32.9 Å². The lowest BCUT2D eigenvalue weighted by molar-refractivity contribution is -0.137. The molecule has 3 rings (SSSR count). The van der Waals surface area contributed by atoms with E-state index in [1.165, 1.54) is 0 Å². The summed E-state index contributed by atoms with van der Waals surface area (Å²) in [6.07, 6.45) is 1.97. The molecule has 4 atom stereocenters. The van der Waals surface area contributed by atoms with E-state index in [1.807, 2.05) is 44.9 Å². The number of guanidine groups is 1. The predicted octanol–water partition coefficient (Wildman–Crippen LogP) is -0.418. The van der Waals surface area contributed by atoms with Gasteiger partial charge in [-0.05, 0) is 69.3 Å². The standard InChI is InChI=1S/C33H55N9O6/c1-5-42(4)20-28(43)37-15-16-38-31(46)26(9-6-14-39-33(35)36)40-32(47)27-19-22-10-12-23(13-11-22)48-17-7-8-24(29(34)44)25(18-21(2)3)30(45)41-27/h10-13,21,24-27H,5-9,14-20H2,1-4H3,(H2,34,44)(H,37,43)(H,38,46)(H,40,47)(H,41,45)(H4,35,36,39)/t24-,25+,26-,27-/m0/s1. The number of nitrogens with zero attached hydrogens (tertiary/aromatic N) is 1. The molecule has 0 radical (unpaired) electrons. The predicted molar refractivity (Wildman–Crippen MR) is 183 cm³/mol. The van der Waals surface area contributed by atoms with Crippen molar-refractivity contribution in [1.82, 2.24) is 31.5 Å². The number of likely N-dealkylation sites (N-methyl/N-ethyl adjacent to an activating group) is 1. The third-order valence-electron chi connectivity index (χ3n) is 8.16. The second kappa shape index (κ2) is 20.8. The highest BCUT2D eigenvalue weighted by atomic mass is 16.5. The maximum atomic E-state index is 13.9. The highest BCUT2D eigenvalue weighted by Gasteiger charge is 2.35. The smallest absolute Gasteiger partial charge is 0.243 e. The number of carbonyl (C=O) groups is 5. The van der Waals surface area contributed by atoms with E-state index >= 15 is 0 Å². The second-order valence-corrected chi connectivity index (χ2v) is 12.7. The van der Waals surface area contributed by atoms with E-state index in [9.17, 15) is 24.0 Å². The number of fused-ring (bicyclic) bond motifs is 11. The first kappa shape index (κ1) is 39.8. The lowest BCUT2D eigenvalue weighted by atomic mass is 9.81. The Morgan fingerprint density at radius 2 is 1.75 bits per heavy atom. The molecule has 0 unspecified atom stereocenters. The van der Waals surface area contributed by atoms with Gasteiger partial charge in [0.15, 0.2) is 5.96 Å². The fourth-order valence-electron chi connectivity index (χ4n) is 5.44. The van der Waals surface area contributed by atoms with E-state index in [-0.39, 0.29) is 50.3 Å². The summed E-state index contributed by atoms with van der Waals surface area (Å²) < 4.78 is 5.84. The van der Waals surface area contributed by atoms with Gasteiger partial charge in [0.05, 0.1) is 13.2 Å². The van der Waals surface area contributed by atoms with Gasteiger partial charge in [0.1, 0.15) is 17.8 Å². The van der Waals surface area contributed by atoms with Crippen molar-refractivity contribution in [2.24, 2.45) is 29.2 Å². The molecule has 2 heterocycles. The highest BCUT2D eigenvalue weighted by molar-refractivity contribution is 5.94. The Labute approximate surface area is 283 Å². The Balaban J connectivity index is 2.27. The maximum absolute atomic E-state index is 13.9. The van der Waals surface area contributed by atoms with E-state index in [1.54, 1.807) is 12.1 Å². The van der Waals surface area contributed by atoms with Gasteiger partial charge < -0.3 is 42.8 Å². The topological polar surface area (TPSA) is 234 Å². The number of amides is 5. The minimum atomic E-state index is -1.07. The third kappa shape index (κ3) is 14.6. The van der Waals surface area contributed by atoms with Crippen LogP contribution in [0.25, 0.3) is 0 Å². The van der Waals surface area contributed by atoms with Crippen LogP contribution in [0.3, 0.4) is 0 Å². The largest absolute Gasteiger partial charge is 0.494 e. The van der Waals surface area contributed by atoms with Gasteiger partial charge in [0, 0.05) is 37.9 Å². The number of nitrogens with two attached hydrogens (primary N) is 2. The normalized spacial score (nSPS) is 19.0. The van der Waals surface area contributed by atoms with E-state index in [0.717, 1.165) is 12.1 Å². The molecule has 10 N–H and O–H groups in total. The molecular formula is C33H55N9O6. The molecule has 0 saturated heterocycles. The summed E-state index contributed by atoms with van der Waals surface area (Å²) in [5, 5.41) is 21.3. The molecule has 0 saturated carbocycles. The van der Waals surface area contributed by atoms with Gasteiger partial charge in [-0.15, -0.1) is 0 Å². The average molecular weight is 674 g/mol. The Kier molecular flexibility index (Phi) is 17.2. The Hall–Kier alpha value is -4.40. The summed E-state index contributed by atoms with van der Waals surface area (Å²) >= 11 is 0. The van der Waals surface area contributed by atoms with Crippen LogP contribution in [-0.2, 0) is 30.4 Å². The van der Waals surface area contributed by atoms with Gasteiger partial charge in [-0.2, -0.15) is 0 Å². The van der Waals surface area contributed by atoms with Crippen LogP contribution >= 0.6 is 0 Å². The highest BCUT2D eigenvalue weighted by Crippen LogP contribution is 2.26. The van der Waals surface area contributed by atoms with Crippen LogP contribution in [-0.4, -0.2) is 98.9 Å². The van der Waals surface area contributed by atoms with Crippen molar-refractivity contribution in [3.8, 4) is 5.75 Å². The van der Waals surface area contributed by atoms with E-state index in [2.05, 4.69) is 26.6 Å². The Bertz CT molecular complexity index is 1230. The molecule has 15 heteroatoms. The van der Waals surface area contributed by atoms with Crippen LogP contribution in [0, 0.1) is 23.2 Å². The van der Waals surface area contributed by atoms with Crippen molar-refractivity contribution in [3.63, 3.8) is 0 Å². The zero-order valence-corrected chi connectivity index (χ0v) is 28.7. The molecule has 2 bridgehead atoms. The van der Waals surface area contributed by atoms with Crippen LogP contribution in [0.2, 0.25) is 0 Å². The Morgan fingerprint density at radius 3 is 2.38 bits per heavy atom. The van der Waals surface area contributed by atoms with E-state index in [0.29, 0.717) is 44.6 Å². The minimum absolute atomic E-state index is 0.0749. The first-order valence-corrected chi connectivity index (χ1v) is 16.7. The summed E-state index contributed by atoms with van der Waals surface area (Å²) in [6, 6.07) is 5.13. The fraction of sp³-hybridized carbons (Fsp3) is 0.636. The van der Waals surface area contributed by atoms with Gasteiger partial charge in [-0.3, -0.25) is 34.3 Å². The quantitative estimate of drug-likeness (QED) is 0.0646. The lowest BCUT2D eigenvalue weighted by Crippen LogP contribution is -2.56. The SMILES string of the molecule is CCN(C)CC(=O)NCCNC(=O)[C@H](CCCNC(=N)N)NC(=O)[C@@H]1Cc2ccc(cc2)OCCC[C@H](C(N)=O)[C@@H](CC(C)C)C(=O)N1. The number of hydrogen-bond acceptors (Lipinski definition) is 8. The molecule has 1 aromatic carbocycles. The van der Waals surface area contributed by atoms with Crippen molar-refractivity contribution in [1.29, 1.82) is 5.41 Å². The number of ether oxygens (including phenoxy) is 1. The fourth-order valence-corrected chi connectivity index (χ4v) is 5.44. The summed E-state index contributed by atoms with van der Waals surface area (Å²) in [4.78, 5) is 67.5. The molecule has 0 fully saturated rings. The molecule has 268 valence electrons. The third-order valence-corrected chi connectivity index (χ3v) is 8.16. The first-order chi connectivity index (χ1) is 22.8. The molecule has 1 aromatic rings. The van der Waals surface area contributed by atoms with E-state index in [4.69, 9.17) is 21.6 Å². The summed E-state index contributed by atoms with van der Waals surface area (Å²) in [5.41, 5.74) is 11.9.